The van der Waals surface area contributed by atoms with Crippen molar-refractivity contribution in [3.63, 3.8) is 0 Å². The van der Waals surface area contributed by atoms with E-state index in [1.54, 1.807) is 6.20 Å². The summed E-state index contributed by atoms with van der Waals surface area (Å²) in [6.45, 7) is 1.45. The van der Waals surface area contributed by atoms with Gasteiger partial charge in [-0.2, -0.15) is 0 Å². The summed E-state index contributed by atoms with van der Waals surface area (Å²) < 4.78 is 0. The Morgan fingerprint density at radius 1 is 1.15 bits per heavy atom. The molecule has 2 aromatic rings. The molecule has 0 bridgehead atoms. The van der Waals surface area contributed by atoms with Crippen molar-refractivity contribution in [1.29, 1.82) is 0 Å². The number of aliphatic hydroxyl groups excluding tert-OH is 1. The van der Waals surface area contributed by atoms with Crippen LogP contribution in [0.25, 0.3) is 0 Å². The second-order valence-electron chi connectivity index (χ2n) is 7.66. The molecule has 27 heavy (non-hydrogen) atoms. The predicted molar refractivity (Wildman–Crippen MR) is 104 cm³/mol. The molecule has 0 spiro atoms. The first-order chi connectivity index (χ1) is 13.3. The van der Waals surface area contributed by atoms with Crippen LogP contribution in [0.1, 0.15) is 36.3 Å². The molecule has 2 N–H and O–H groups in total. The predicted octanol–water partition coefficient (Wildman–Crippen LogP) is 2.33. The first-order valence-electron chi connectivity index (χ1n) is 9.86. The first kappa shape index (κ1) is 18.1. The number of aliphatic hydroxyl groups is 1. The molecule has 4 rings (SSSR count). The Bertz CT molecular complexity index is 749. The van der Waals surface area contributed by atoms with Crippen LogP contribution in [0.5, 0.6) is 0 Å². The highest BCUT2D eigenvalue weighted by Gasteiger charge is 2.48. The highest BCUT2D eigenvalue weighted by atomic mass is 16.3. The van der Waals surface area contributed by atoms with Crippen LogP contribution < -0.4 is 5.32 Å². The summed E-state index contributed by atoms with van der Waals surface area (Å²) in [6.07, 6.45) is 6.82. The number of aromatic nitrogens is 1. The van der Waals surface area contributed by atoms with Gasteiger partial charge in [-0.15, -0.1) is 0 Å². The van der Waals surface area contributed by atoms with Gasteiger partial charge in [0.15, 0.2) is 0 Å². The van der Waals surface area contributed by atoms with Gasteiger partial charge in [0.1, 0.15) is 0 Å². The summed E-state index contributed by atoms with van der Waals surface area (Å²) in [5.74, 6) is 0.595. The molecule has 1 aliphatic carbocycles. The molecule has 3 atom stereocenters. The summed E-state index contributed by atoms with van der Waals surface area (Å²) in [7, 11) is 0. The molecule has 2 aliphatic rings. The van der Waals surface area contributed by atoms with Gasteiger partial charge in [0.25, 0.3) is 0 Å². The molecule has 0 radical (unpaired) electrons. The van der Waals surface area contributed by atoms with E-state index >= 15 is 0 Å². The average molecular weight is 365 g/mol. The number of benzene rings is 1. The van der Waals surface area contributed by atoms with Crippen LogP contribution in [-0.2, 0) is 11.3 Å². The number of carbonyl (C=O) groups is 1. The van der Waals surface area contributed by atoms with Crippen molar-refractivity contribution >= 4 is 5.91 Å². The summed E-state index contributed by atoms with van der Waals surface area (Å²) in [5.41, 5.74) is 2.35. The Morgan fingerprint density at radius 2 is 1.96 bits per heavy atom. The lowest BCUT2D eigenvalue weighted by molar-refractivity contribution is -0.128. The van der Waals surface area contributed by atoms with E-state index in [9.17, 15) is 9.90 Å². The Morgan fingerprint density at radius 3 is 2.59 bits per heavy atom. The number of nitrogens with zero attached hydrogens (tertiary/aromatic N) is 2. The fraction of sp³-hybridized carbons (Fsp3) is 0.455. The van der Waals surface area contributed by atoms with E-state index < -0.39 is 0 Å². The summed E-state index contributed by atoms with van der Waals surface area (Å²) in [5, 5.41) is 13.2. The van der Waals surface area contributed by atoms with Gasteiger partial charge < -0.3 is 10.4 Å². The smallest absolute Gasteiger partial charge is 0.223 e. The number of carbonyl (C=O) groups excluding carboxylic acids is 1. The number of hydrogen-bond acceptors (Lipinski definition) is 4. The molecule has 1 aliphatic heterocycles. The zero-order valence-electron chi connectivity index (χ0n) is 15.5. The number of nitrogens with one attached hydrogen (secondary N) is 1. The Labute approximate surface area is 160 Å². The second kappa shape index (κ2) is 8.19. The highest BCUT2D eigenvalue weighted by molar-refractivity contribution is 5.79. The monoisotopic (exact) mass is 365 g/mol. The molecular formula is C22H27N3O2. The van der Waals surface area contributed by atoms with Crippen molar-refractivity contribution in [2.45, 2.75) is 43.8 Å². The van der Waals surface area contributed by atoms with E-state index in [0.717, 1.165) is 31.4 Å². The Kier molecular flexibility index (Phi) is 5.50. The van der Waals surface area contributed by atoms with Gasteiger partial charge in [0, 0.05) is 49.4 Å². The normalized spacial score (nSPS) is 25.4. The van der Waals surface area contributed by atoms with Gasteiger partial charge in [-0.25, -0.2) is 0 Å². The minimum absolute atomic E-state index is 0.0539. The third-order valence-corrected chi connectivity index (χ3v) is 6.10. The lowest BCUT2D eigenvalue weighted by Gasteiger charge is -2.55. The van der Waals surface area contributed by atoms with Gasteiger partial charge in [-0.05, 0) is 30.0 Å². The van der Waals surface area contributed by atoms with Gasteiger partial charge in [0.2, 0.25) is 5.91 Å². The van der Waals surface area contributed by atoms with Gasteiger partial charge >= 0.3 is 0 Å². The van der Waals surface area contributed by atoms with E-state index in [4.69, 9.17) is 0 Å². The van der Waals surface area contributed by atoms with E-state index in [0.29, 0.717) is 6.54 Å². The van der Waals surface area contributed by atoms with E-state index in [2.05, 4.69) is 33.4 Å². The van der Waals surface area contributed by atoms with Crippen LogP contribution >= 0.6 is 0 Å². The van der Waals surface area contributed by atoms with Gasteiger partial charge in [0.05, 0.1) is 6.61 Å². The fourth-order valence-electron chi connectivity index (χ4n) is 4.35. The van der Waals surface area contributed by atoms with Crippen LogP contribution in [0.15, 0.2) is 54.9 Å². The van der Waals surface area contributed by atoms with E-state index in [-0.39, 0.29) is 36.4 Å². The Hall–Kier alpha value is -2.24. The maximum Gasteiger partial charge on any atom is 0.223 e. The largest absolute Gasteiger partial charge is 0.395 e. The summed E-state index contributed by atoms with van der Waals surface area (Å²) in [6, 6.07) is 14.6. The third-order valence-electron chi connectivity index (χ3n) is 6.10. The zero-order valence-corrected chi connectivity index (χ0v) is 15.5. The quantitative estimate of drug-likeness (QED) is 0.790. The van der Waals surface area contributed by atoms with Crippen LogP contribution in [0, 0.1) is 5.92 Å². The molecule has 1 saturated carbocycles. The highest BCUT2D eigenvalue weighted by Crippen LogP contribution is 2.41. The number of hydrogen-bond donors (Lipinski definition) is 2. The molecule has 1 saturated heterocycles. The fourth-order valence-corrected chi connectivity index (χ4v) is 4.35. The van der Waals surface area contributed by atoms with Crippen molar-refractivity contribution in [2.75, 3.05) is 13.2 Å². The van der Waals surface area contributed by atoms with Gasteiger partial charge in [-0.1, -0.05) is 42.8 Å². The van der Waals surface area contributed by atoms with Crippen molar-refractivity contribution in [3.05, 3.63) is 66.0 Å². The van der Waals surface area contributed by atoms with Crippen molar-refractivity contribution in [2.24, 2.45) is 5.92 Å². The van der Waals surface area contributed by atoms with Crippen molar-refractivity contribution < 1.29 is 9.90 Å². The molecule has 5 nitrogen and oxygen atoms in total. The number of likely N-dealkylation sites (tertiary alicyclic amines) is 1. The second-order valence-corrected chi connectivity index (χ2v) is 7.66. The molecule has 2 fully saturated rings. The van der Waals surface area contributed by atoms with Crippen LogP contribution in [-0.4, -0.2) is 46.1 Å². The number of rotatable bonds is 7. The average Bonchev–Trinajstić information content (AvgIpc) is 2.65. The Balaban J connectivity index is 1.51. The minimum Gasteiger partial charge on any atom is -0.395 e. The molecule has 5 heteroatoms. The molecule has 1 amide bonds. The third kappa shape index (κ3) is 3.75. The van der Waals surface area contributed by atoms with Crippen LogP contribution in [0.2, 0.25) is 0 Å². The van der Waals surface area contributed by atoms with Crippen LogP contribution in [0.4, 0.5) is 0 Å². The topological polar surface area (TPSA) is 65.5 Å². The maximum atomic E-state index is 12.3. The number of amides is 1. The summed E-state index contributed by atoms with van der Waals surface area (Å²) >= 11 is 0. The van der Waals surface area contributed by atoms with E-state index in [1.807, 2.05) is 30.5 Å². The molecule has 1 aromatic heterocycles. The van der Waals surface area contributed by atoms with Crippen molar-refractivity contribution in [1.82, 2.24) is 15.2 Å². The molecule has 2 heterocycles. The SMILES string of the molecule is O=C(NC[C@@H]1[C@@H](c2ccccc2)[C@@H](CO)N1Cc1cccnc1)C1CCC1. The molecule has 1 aromatic carbocycles. The zero-order chi connectivity index (χ0) is 18.6. The molecular weight excluding hydrogens is 338 g/mol. The summed E-state index contributed by atoms with van der Waals surface area (Å²) in [4.78, 5) is 18.8. The maximum absolute atomic E-state index is 12.3. The first-order valence-corrected chi connectivity index (χ1v) is 9.86. The van der Waals surface area contributed by atoms with E-state index in [1.165, 1.54) is 5.56 Å². The number of pyridine rings is 1. The standard InChI is InChI=1S/C22H27N3O2/c26-15-20-21(17-7-2-1-3-8-17)19(13-24-22(27)18-9-4-10-18)25(20)14-16-6-5-11-23-12-16/h1-3,5-8,11-12,18-21,26H,4,9-10,13-15H2,(H,24,27)/t19-,20-,21-/m1/s1. The minimum atomic E-state index is 0.0539. The molecule has 0 unspecified atom stereocenters. The van der Waals surface area contributed by atoms with Crippen molar-refractivity contribution in [3.8, 4) is 0 Å². The van der Waals surface area contributed by atoms with Crippen LogP contribution in [0.3, 0.4) is 0 Å². The molecule has 142 valence electrons. The lowest BCUT2D eigenvalue weighted by atomic mass is 9.74. The van der Waals surface area contributed by atoms with Gasteiger partial charge in [-0.3, -0.25) is 14.7 Å². The lowest BCUT2D eigenvalue weighted by Crippen LogP contribution is -2.66.